The molecule has 192 valence electrons. The number of rotatable bonds is 7. The fourth-order valence-corrected chi connectivity index (χ4v) is 4.76. The van der Waals surface area contributed by atoms with Crippen LogP contribution in [0.1, 0.15) is 51.4 Å². The summed E-state index contributed by atoms with van der Waals surface area (Å²) in [5.41, 5.74) is 2.21. The van der Waals surface area contributed by atoms with Crippen LogP contribution in [-0.2, 0) is 24.8 Å². The van der Waals surface area contributed by atoms with Crippen LogP contribution in [0.4, 0.5) is 0 Å². The molecule has 4 heterocycles. The number of aromatic nitrogens is 2. The minimum Gasteiger partial charge on any atom is -0.465 e. The van der Waals surface area contributed by atoms with Crippen molar-refractivity contribution >= 4 is 28.7 Å². The summed E-state index contributed by atoms with van der Waals surface area (Å²) >= 11 is 0. The lowest BCUT2D eigenvalue weighted by molar-refractivity contribution is -0.125. The predicted octanol–water partition coefficient (Wildman–Crippen LogP) is 2.96. The summed E-state index contributed by atoms with van der Waals surface area (Å²) < 4.78 is 12.7. The first-order valence-electron chi connectivity index (χ1n) is 12.3. The number of likely N-dealkylation sites (tertiary alicyclic amines) is 1. The summed E-state index contributed by atoms with van der Waals surface area (Å²) in [6.07, 6.45) is 2.40. The Balaban J connectivity index is 1.37. The molecule has 0 saturated carbocycles. The Kier molecular flexibility index (Phi) is 6.56. The number of carbonyl (C=O) groups is 3. The highest BCUT2D eigenvalue weighted by Crippen LogP contribution is 2.27. The van der Waals surface area contributed by atoms with E-state index in [2.05, 4.69) is 15.7 Å². The van der Waals surface area contributed by atoms with Crippen LogP contribution in [-0.4, -0.2) is 51.0 Å². The van der Waals surface area contributed by atoms with Gasteiger partial charge in [0.15, 0.2) is 0 Å². The standard InChI is InChI=1S/C27H29N5O5/c1-4-17-11-22(31(3)30-17)26(34)29-18-12-23(25(33)28-13-19-10-9-16(2)37-19)32(14-18)27(35)21-15-36-24-8-6-5-7-20(21)24/h5-11,15,18,23H,4,12-14H2,1-3H3,(H,28,33)(H,29,34)/t18-,23+/m1/s1. The van der Waals surface area contributed by atoms with Gasteiger partial charge in [-0.1, -0.05) is 25.1 Å². The Hall–Kier alpha value is -4.34. The van der Waals surface area contributed by atoms with E-state index in [1.165, 1.54) is 11.2 Å². The van der Waals surface area contributed by atoms with Crippen LogP contribution in [0.15, 0.2) is 57.6 Å². The second kappa shape index (κ2) is 9.96. The fourth-order valence-electron chi connectivity index (χ4n) is 4.76. The lowest BCUT2D eigenvalue weighted by atomic mass is 10.1. The monoisotopic (exact) mass is 503 g/mol. The summed E-state index contributed by atoms with van der Waals surface area (Å²) in [4.78, 5) is 41.4. The zero-order valence-corrected chi connectivity index (χ0v) is 21.0. The second-order valence-electron chi connectivity index (χ2n) is 9.25. The molecule has 1 aliphatic rings. The molecule has 0 spiro atoms. The fraction of sp³-hybridized carbons (Fsp3) is 0.333. The van der Waals surface area contributed by atoms with Crippen molar-refractivity contribution in [1.29, 1.82) is 0 Å². The van der Waals surface area contributed by atoms with Gasteiger partial charge in [-0.05, 0) is 44.0 Å². The van der Waals surface area contributed by atoms with Crippen molar-refractivity contribution in [3.63, 3.8) is 0 Å². The van der Waals surface area contributed by atoms with Gasteiger partial charge in [-0.25, -0.2) is 0 Å². The number of carbonyl (C=O) groups excluding carboxylic acids is 3. The number of nitrogens with zero attached hydrogens (tertiary/aromatic N) is 3. The van der Waals surface area contributed by atoms with Gasteiger partial charge in [-0.3, -0.25) is 19.1 Å². The Morgan fingerprint density at radius 3 is 2.70 bits per heavy atom. The molecule has 0 unspecified atom stereocenters. The van der Waals surface area contributed by atoms with Gasteiger partial charge in [0.05, 0.1) is 17.8 Å². The first-order chi connectivity index (χ1) is 17.8. The van der Waals surface area contributed by atoms with Gasteiger partial charge in [-0.15, -0.1) is 0 Å². The van der Waals surface area contributed by atoms with Crippen molar-refractivity contribution in [2.24, 2.45) is 7.05 Å². The maximum atomic E-state index is 13.7. The molecule has 0 radical (unpaired) electrons. The summed E-state index contributed by atoms with van der Waals surface area (Å²) in [6, 6.07) is 11.4. The zero-order chi connectivity index (χ0) is 26.1. The van der Waals surface area contributed by atoms with Crippen LogP contribution >= 0.6 is 0 Å². The third-order valence-electron chi connectivity index (χ3n) is 6.67. The molecule has 3 amide bonds. The van der Waals surface area contributed by atoms with Crippen LogP contribution in [0.5, 0.6) is 0 Å². The number of amides is 3. The largest absolute Gasteiger partial charge is 0.465 e. The molecular weight excluding hydrogens is 474 g/mol. The van der Waals surface area contributed by atoms with Gasteiger partial charge in [-0.2, -0.15) is 5.10 Å². The van der Waals surface area contributed by atoms with Gasteiger partial charge in [0, 0.05) is 25.0 Å². The molecule has 37 heavy (non-hydrogen) atoms. The molecular formula is C27H29N5O5. The van der Waals surface area contributed by atoms with Crippen molar-refractivity contribution in [2.45, 2.75) is 45.3 Å². The summed E-state index contributed by atoms with van der Waals surface area (Å²) in [6.45, 7) is 4.18. The molecule has 1 saturated heterocycles. The maximum Gasteiger partial charge on any atom is 0.269 e. The third kappa shape index (κ3) is 4.87. The van der Waals surface area contributed by atoms with E-state index in [4.69, 9.17) is 8.83 Å². The average molecular weight is 504 g/mol. The SMILES string of the molecule is CCc1cc(C(=O)N[C@@H]2C[C@@H](C(=O)NCc3ccc(C)o3)N(C(=O)c3coc4ccccc34)C2)n(C)n1. The normalized spacial score (nSPS) is 17.3. The van der Waals surface area contributed by atoms with Gasteiger partial charge in [0.1, 0.15) is 35.1 Å². The van der Waals surface area contributed by atoms with E-state index < -0.39 is 12.1 Å². The molecule has 2 atom stereocenters. The molecule has 0 aliphatic carbocycles. The quantitative estimate of drug-likeness (QED) is 0.400. The van der Waals surface area contributed by atoms with Crippen LogP contribution in [0.3, 0.4) is 0 Å². The van der Waals surface area contributed by atoms with E-state index in [0.717, 1.165) is 11.5 Å². The van der Waals surface area contributed by atoms with E-state index in [-0.39, 0.29) is 37.2 Å². The predicted molar refractivity (Wildman–Crippen MR) is 135 cm³/mol. The number of hydrogen-bond acceptors (Lipinski definition) is 6. The lowest BCUT2D eigenvalue weighted by Gasteiger charge is -2.23. The average Bonchev–Trinajstić information content (AvgIpc) is 3.67. The number of para-hydroxylation sites is 1. The topological polar surface area (TPSA) is 123 Å². The lowest BCUT2D eigenvalue weighted by Crippen LogP contribution is -2.45. The highest BCUT2D eigenvalue weighted by Gasteiger charge is 2.41. The highest BCUT2D eigenvalue weighted by atomic mass is 16.3. The van der Waals surface area contributed by atoms with Crippen molar-refractivity contribution < 1.29 is 23.2 Å². The van der Waals surface area contributed by atoms with Gasteiger partial charge < -0.3 is 24.4 Å². The molecule has 0 bridgehead atoms. The summed E-state index contributed by atoms with van der Waals surface area (Å²) in [5, 5.41) is 10.9. The van der Waals surface area contributed by atoms with Gasteiger partial charge in [0.2, 0.25) is 5.91 Å². The molecule has 4 aromatic rings. The van der Waals surface area contributed by atoms with E-state index in [1.54, 1.807) is 29.9 Å². The number of hydrogen-bond donors (Lipinski definition) is 2. The minimum absolute atomic E-state index is 0.181. The van der Waals surface area contributed by atoms with E-state index in [1.807, 2.05) is 38.1 Å². The van der Waals surface area contributed by atoms with Gasteiger partial charge in [0.25, 0.3) is 11.8 Å². The van der Waals surface area contributed by atoms with Crippen molar-refractivity contribution in [3.05, 3.63) is 77.2 Å². The third-order valence-corrected chi connectivity index (χ3v) is 6.67. The summed E-state index contributed by atoms with van der Waals surface area (Å²) in [5.74, 6) is 0.423. The molecule has 1 fully saturated rings. The minimum atomic E-state index is -0.778. The Morgan fingerprint density at radius 1 is 1.16 bits per heavy atom. The Morgan fingerprint density at radius 2 is 1.97 bits per heavy atom. The summed E-state index contributed by atoms with van der Waals surface area (Å²) in [7, 11) is 1.72. The molecule has 10 heteroatoms. The van der Waals surface area contributed by atoms with Crippen molar-refractivity contribution in [3.8, 4) is 0 Å². The molecule has 3 aromatic heterocycles. The second-order valence-corrected chi connectivity index (χ2v) is 9.25. The van der Waals surface area contributed by atoms with Crippen molar-refractivity contribution in [2.75, 3.05) is 6.54 Å². The molecule has 10 nitrogen and oxygen atoms in total. The Labute approximate surface area is 213 Å². The molecule has 1 aliphatic heterocycles. The number of aryl methyl sites for hydroxylation is 3. The van der Waals surface area contributed by atoms with Crippen LogP contribution in [0.25, 0.3) is 11.0 Å². The first-order valence-corrected chi connectivity index (χ1v) is 12.3. The number of nitrogens with one attached hydrogen (secondary N) is 2. The number of benzene rings is 1. The van der Waals surface area contributed by atoms with E-state index >= 15 is 0 Å². The molecule has 2 N–H and O–H groups in total. The zero-order valence-electron chi connectivity index (χ0n) is 21.0. The number of furan rings is 2. The maximum absolute atomic E-state index is 13.7. The van der Waals surface area contributed by atoms with Crippen LogP contribution in [0, 0.1) is 6.92 Å². The van der Waals surface area contributed by atoms with Crippen LogP contribution < -0.4 is 10.6 Å². The van der Waals surface area contributed by atoms with E-state index in [9.17, 15) is 14.4 Å². The Bertz CT molecular complexity index is 1460. The number of fused-ring (bicyclic) bond motifs is 1. The van der Waals surface area contributed by atoms with Crippen LogP contribution in [0.2, 0.25) is 0 Å². The highest BCUT2D eigenvalue weighted by molar-refractivity contribution is 6.07. The first kappa shape index (κ1) is 24.4. The molecule has 5 rings (SSSR count). The van der Waals surface area contributed by atoms with E-state index in [0.29, 0.717) is 34.4 Å². The van der Waals surface area contributed by atoms with Crippen molar-refractivity contribution in [1.82, 2.24) is 25.3 Å². The smallest absolute Gasteiger partial charge is 0.269 e. The molecule has 1 aromatic carbocycles. The van der Waals surface area contributed by atoms with Gasteiger partial charge >= 0.3 is 0 Å².